The van der Waals surface area contributed by atoms with Gasteiger partial charge in [-0.15, -0.1) is 0 Å². The second-order valence-corrected chi connectivity index (χ2v) is 5.69. The Morgan fingerprint density at radius 1 is 1.45 bits per heavy atom. The number of carboxylic acid groups (broad SMARTS) is 1. The molecule has 0 aliphatic carbocycles. The number of carboxylic acids is 1. The van der Waals surface area contributed by atoms with Crippen LogP contribution in [0.25, 0.3) is 0 Å². The normalized spacial score (nSPS) is 18.6. The molecule has 0 spiro atoms. The van der Waals surface area contributed by atoms with E-state index in [1.807, 2.05) is 0 Å². The predicted octanol–water partition coefficient (Wildman–Crippen LogP) is 1.69. The fourth-order valence-corrected chi connectivity index (χ4v) is 3.15. The molecule has 6 nitrogen and oxygen atoms in total. The molecule has 2 amide bonds. The molecule has 0 saturated carbocycles. The van der Waals surface area contributed by atoms with Crippen molar-refractivity contribution < 1.29 is 14.7 Å². The number of nitrogen functional groups attached to an aromatic ring is 1. The molecule has 1 aliphatic heterocycles. The Balaban J connectivity index is 2.06. The molecule has 20 heavy (non-hydrogen) atoms. The number of urea groups is 1. The van der Waals surface area contributed by atoms with Crippen LogP contribution in [0.4, 0.5) is 16.2 Å². The lowest BCUT2D eigenvalue weighted by Crippen LogP contribution is -2.49. The van der Waals surface area contributed by atoms with E-state index in [1.54, 1.807) is 40.9 Å². The van der Waals surface area contributed by atoms with Gasteiger partial charge in [0.25, 0.3) is 0 Å². The molecule has 1 atom stereocenters. The Morgan fingerprint density at radius 2 is 2.20 bits per heavy atom. The summed E-state index contributed by atoms with van der Waals surface area (Å²) in [6.45, 7) is 0.543. The summed E-state index contributed by atoms with van der Waals surface area (Å²) < 4.78 is 0. The smallest absolute Gasteiger partial charge is 0.322 e. The molecule has 1 unspecified atom stereocenters. The van der Waals surface area contributed by atoms with Crippen LogP contribution in [0.3, 0.4) is 0 Å². The van der Waals surface area contributed by atoms with E-state index in [-0.39, 0.29) is 18.5 Å². The maximum absolute atomic E-state index is 12.3. The van der Waals surface area contributed by atoms with Crippen LogP contribution in [0.15, 0.2) is 24.3 Å². The summed E-state index contributed by atoms with van der Waals surface area (Å²) in [5.74, 6) is 0.562. The van der Waals surface area contributed by atoms with Crippen molar-refractivity contribution in [3.8, 4) is 0 Å². The highest BCUT2D eigenvalue weighted by Crippen LogP contribution is 2.22. The minimum Gasteiger partial charge on any atom is -0.481 e. The number of nitrogens with two attached hydrogens (primary N) is 1. The van der Waals surface area contributed by atoms with Crippen molar-refractivity contribution in [2.45, 2.75) is 12.5 Å². The van der Waals surface area contributed by atoms with Gasteiger partial charge in [-0.3, -0.25) is 4.79 Å². The highest BCUT2D eigenvalue weighted by Gasteiger charge is 2.29. The van der Waals surface area contributed by atoms with E-state index < -0.39 is 5.97 Å². The topological polar surface area (TPSA) is 95.7 Å². The van der Waals surface area contributed by atoms with E-state index in [0.29, 0.717) is 23.7 Å². The monoisotopic (exact) mass is 295 g/mol. The van der Waals surface area contributed by atoms with E-state index in [9.17, 15) is 9.59 Å². The van der Waals surface area contributed by atoms with E-state index in [0.717, 1.165) is 5.75 Å². The van der Waals surface area contributed by atoms with Gasteiger partial charge in [0.2, 0.25) is 0 Å². The van der Waals surface area contributed by atoms with Gasteiger partial charge in [0, 0.05) is 18.1 Å². The molecule has 1 fully saturated rings. The summed E-state index contributed by atoms with van der Waals surface area (Å²) in [4.78, 5) is 24.7. The van der Waals surface area contributed by atoms with Gasteiger partial charge in [-0.2, -0.15) is 11.8 Å². The summed E-state index contributed by atoms with van der Waals surface area (Å²) in [6, 6.07) is 6.42. The van der Waals surface area contributed by atoms with Crippen LogP contribution in [0.1, 0.15) is 6.42 Å². The zero-order valence-corrected chi connectivity index (χ0v) is 11.7. The number of thioether (sulfide) groups is 1. The molecule has 0 radical (unpaired) electrons. The number of carbonyl (C=O) groups is 2. The number of hydrogen-bond acceptors (Lipinski definition) is 4. The van der Waals surface area contributed by atoms with Crippen LogP contribution in [0.2, 0.25) is 0 Å². The number of hydrogen-bond donors (Lipinski definition) is 3. The standard InChI is InChI=1S/C13H17N3O3S/c14-10-3-1-2-4-11(10)15-13(19)16-5-6-20-8-9(16)7-12(17)18/h1-4,9H,5-8,14H2,(H,15,19)(H,17,18). The molecule has 1 aromatic carbocycles. The number of nitrogens with one attached hydrogen (secondary N) is 1. The Labute approximate surface area is 121 Å². The van der Waals surface area contributed by atoms with Gasteiger partial charge in [0.05, 0.1) is 23.8 Å². The van der Waals surface area contributed by atoms with Gasteiger partial charge in [0.1, 0.15) is 0 Å². The van der Waals surface area contributed by atoms with Crippen LogP contribution >= 0.6 is 11.8 Å². The number of aliphatic carboxylic acids is 1. The molecule has 1 aromatic rings. The molecule has 108 valence electrons. The van der Waals surface area contributed by atoms with Crippen LogP contribution in [-0.4, -0.2) is 46.1 Å². The molecular formula is C13H17N3O3S. The van der Waals surface area contributed by atoms with E-state index >= 15 is 0 Å². The number of nitrogens with zero attached hydrogens (tertiary/aromatic N) is 1. The highest BCUT2D eigenvalue weighted by molar-refractivity contribution is 7.99. The van der Waals surface area contributed by atoms with Crippen LogP contribution < -0.4 is 11.1 Å². The summed E-state index contributed by atoms with van der Waals surface area (Å²) in [7, 11) is 0. The second-order valence-electron chi connectivity index (χ2n) is 4.54. The molecule has 1 aliphatic rings. The van der Waals surface area contributed by atoms with E-state index in [1.165, 1.54) is 0 Å². The third kappa shape index (κ3) is 3.57. The summed E-state index contributed by atoms with van der Waals surface area (Å²) in [5.41, 5.74) is 6.82. The predicted molar refractivity (Wildman–Crippen MR) is 79.9 cm³/mol. The maximum atomic E-state index is 12.3. The number of amides is 2. The fraction of sp³-hybridized carbons (Fsp3) is 0.385. The molecule has 7 heteroatoms. The average Bonchev–Trinajstić information content (AvgIpc) is 2.41. The third-order valence-electron chi connectivity index (χ3n) is 3.10. The van der Waals surface area contributed by atoms with Crippen molar-refractivity contribution in [3.63, 3.8) is 0 Å². The number of benzene rings is 1. The van der Waals surface area contributed by atoms with Gasteiger partial charge in [0.15, 0.2) is 0 Å². The quantitative estimate of drug-likeness (QED) is 0.738. The Kier molecular flexibility index (Phi) is 4.73. The largest absolute Gasteiger partial charge is 0.481 e. The van der Waals surface area contributed by atoms with Crippen molar-refractivity contribution in [3.05, 3.63) is 24.3 Å². The number of anilines is 2. The van der Waals surface area contributed by atoms with Crippen molar-refractivity contribution in [2.24, 2.45) is 0 Å². The average molecular weight is 295 g/mol. The minimum absolute atomic E-state index is 0.0370. The zero-order valence-electron chi connectivity index (χ0n) is 10.9. The van der Waals surface area contributed by atoms with Crippen molar-refractivity contribution in [1.82, 2.24) is 4.90 Å². The molecule has 0 bridgehead atoms. The van der Waals surface area contributed by atoms with Gasteiger partial charge in [-0.05, 0) is 12.1 Å². The highest BCUT2D eigenvalue weighted by atomic mass is 32.2. The number of rotatable bonds is 3. The van der Waals surface area contributed by atoms with Gasteiger partial charge < -0.3 is 21.1 Å². The number of carbonyl (C=O) groups excluding carboxylic acids is 1. The van der Waals surface area contributed by atoms with E-state index in [4.69, 9.17) is 10.8 Å². The first-order chi connectivity index (χ1) is 9.58. The fourth-order valence-electron chi connectivity index (χ4n) is 2.09. The molecular weight excluding hydrogens is 278 g/mol. The zero-order chi connectivity index (χ0) is 14.5. The van der Waals surface area contributed by atoms with E-state index in [2.05, 4.69) is 5.32 Å². The van der Waals surface area contributed by atoms with Gasteiger partial charge >= 0.3 is 12.0 Å². The SMILES string of the molecule is Nc1ccccc1NC(=O)N1CCSCC1CC(=O)O. The Morgan fingerprint density at radius 3 is 2.90 bits per heavy atom. The third-order valence-corrected chi connectivity index (χ3v) is 4.19. The maximum Gasteiger partial charge on any atom is 0.322 e. The molecule has 4 N–H and O–H groups in total. The number of para-hydroxylation sites is 2. The van der Waals surface area contributed by atoms with Gasteiger partial charge in [-0.1, -0.05) is 12.1 Å². The lowest BCUT2D eigenvalue weighted by Gasteiger charge is -2.34. The first-order valence-corrected chi connectivity index (χ1v) is 7.45. The van der Waals surface area contributed by atoms with Gasteiger partial charge in [-0.25, -0.2) is 4.79 Å². The Bertz CT molecular complexity index is 509. The first-order valence-electron chi connectivity index (χ1n) is 6.29. The van der Waals surface area contributed by atoms with Crippen LogP contribution in [-0.2, 0) is 4.79 Å². The lowest BCUT2D eigenvalue weighted by atomic mass is 10.2. The summed E-state index contributed by atoms with van der Waals surface area (Å²) in [5, 5.41) is 11.7. The van der Waals surface area contributed by atoms with Crippen LogP contribution in [0, 0.1) is 0 Å². The molecule has 1 heterocycles. The molecule has 0 aromatic heterocycles. The lowest BCUT2D eigenvalue weighted by molar-refractivity contribution is -0.137. The van der Waals surface area contributed by atoms with Crippen molar-refractivity contribution in [2.75, 3.05) is 29.1 Å². The van der Waals surface area contributed by atoms with Crippen molar-refractivity contribution in [1.29, 1.82) is 0 Å². The Hall–Kier alpha value is -1.89. The first kappa shape index (κ1) is 14.5. The second kappa shape index (κ2) is 6.51. The minimum atomic E-state index is -0.894. The molecule has 1 saturated heterocycles. The molecule has 2 rings (SSSR count). The van der Waals surface area contributed by atoms with Crippen LogP contribution in [0.5, 0.6) is 0 Å². The summed E-state index contributed by atoms with van der Waals surface area (Å²) >= 11 is 1.67. The summed E-state index contributed by atoms with van der Waals surface area (Å²) in [6.07, 6.45) is -0.0370. The van der Waals surface area contributed by atoms with Crippen molar-refractivity contribution >= 4 is 35.1 Å².